The minimum absolute atomic E-state index is 0.0286. The van der Waals surface area contributed by atoms with Crippen LogP contribution in [0.3, 0.4) is 0 Å². The second-order valence-corrected chi connectivity index (χ2v) is 14.1. The highest BCUT2D eigenvalue weighted by atomic mass is 32.2. The van der Waals surface area contributed by atoms with Crippen LogP contribution in [-0.4, -0.2) is 39.2 Å². The Bertz CT molecular complexity index is 1190. The molecule has 216 valence electrons. The number of fused-ring (bicyclic) bond motifs is 1. The fourth-order valence-electron chi connectivity index (χ4n) is 7.78. The molecule has 0 unspecified atom stereocenters. The summed E-state index contributed by atoms with van der Waals surface area (Å²) in [6.45, 7) is 13.7. The Morgan fingerprint density at radius 1 is 0.974 bits per heavy atom. The zero-order valence-corrected chi connectivity index (χ0v) is 24.8. The van der Waals surface area contributed by atoms with E-state index in [1.165, 1.54) is 19.4 Å². The normalized spacial score (nSPS) is 34.8. The van der Waals surface area contributed by atoms with Gasteiger partial charge in [-0.3, -0.25) is 13.8 Å². The van der Waals surface area contributed by atoms with Crippen LogP contribution < -0.4 is 0 Å². The second-order valence-electron chi connectivity index (χ2n) is 12.5. The molecule has 0 bridgehead atoms. The van der Waals surface area contributed by atoms with E-state index >= 15 is 0 Å². The van der Waals surface area contributed by atoms with Crippen molar-refractivity contribution in [3.05, 3.63) is 42.0 Å². The fraction of sp³-hybridized carbons (Fsp3) is 0.677. The molecule has 39 heavy (non-hydrogen) atoms. The topological polar surface area (TPSA) is 96.0 Å². The zero-order valence-electron chi connectivity index (χ0n) is 24.0. The molecule has 0 aliphatic heterocycles. The first-order valence-corrected chi connectivity index (χ1v) is 15.7. The Morgan fingerprint density at radius 2 is 1.64 bits per heavy atom. The smallest absolute Gasteiger partial charge is 0.302 e. The van der Waals surface area contributed by atoms with Crippen molar-refractivity contribution in [2.45, 2.75) is 103 Å². The molecule has 7 atom stereocenters. The summed E-state index contributed by atoms with van der Waals surface area (Å²) < 4.78 is 43.0. The number of hydrogen-bond donors (Lipinski definition) is 0. The first-order chi connectivity index (χ1) is 18.3. The molecule has 0 radical (unpaired) electrons. The number of rotatable bonds is 8. The highest BCUT2D eigenvalue weighted by Gasteiger charge is 2.58. The molecule has 8 heteroatoms. The molecule has 4 rings (SSSR count). The number of hydrogen-bond acceptors (Lipinski definition) is 7. The van der Waals surface area contributed by atoms with Crippen LogP contribution in [0, 0.1) is 35.5 Å². The quantitative estimate of drug-likeness (QED) is 0.214. The number of benzene rings is 1. The minimum atomic E-state index is -3.89. The number of ether oxygens (including phenoxy) is 2. The highest BCUT2D eigenvalue weighted by molar-refractivity contribution is 7.86. The lowest BCUT2D eigenvalue weighted by atomic mass is 9.51. The van der Waals surface area contributed by atoms with Crippen molar-refractivity contribution in [2.75, 3.05) is 6.61 Å². The minimum Gasteiger partial charge on any atom is -0.463 e. The van der Waals surface area contributed by atoms with Crippen LogP contribution >= 0.6 is 0 Å². The molecule has 0 aromatic heterocycles. The van der Waals surface area contributed by atoms with E-state index < -0.39 is 10.1 Å². The van der Waals surface area contributed by atoms with Gasteiger partial charge in [-0.05, 0) is 87.2 Å². The molecule has 1 aromatic carbocycles. The Morgan fingerprint density at radius 3 is 2.28 bits per heavy atom. The second kappa shape index (κ2) is 11.4. The highest BCUT2D eigenvalue weighted by Crippen LogP contribution is 2.62. The average Bonchev–Trinajstić information content (AvgIpc) is 3.15. The monoisotopic (exact) mass is 560 g/mol. The van der Waals surface area contributed by atoms with Gasteiger partial charge < -0.3 is 9.47 Å². The van der Waals surface area contributed by atoms with E-state index in [4.69, 9.17) is 13.7 Å². The Balaban J connectivity index is 1.58. The van der Waals surface area contributed by atoms with Crippen molar-refractivity contribution >= 4 is 22.1 Å². The standard InChI is InChI=1S/C31H44O7S/c1-20-7-10-26(11-8-20)39(34,35)36-18-15-24-19-25(37-22(3)32)13-16-31(24,6)28-14-17-30(5)21(2)9-12-27(30)29(28)38-23(4)33/h7-8,10-11,24-25,27-29H,2,9,12-19H2,1,3-6H3/t24-,25-,27+,28+,29-,30+,31-/m0/s1. The molecule has 0 N–H and O–H groups in total. The molecule has 3 saturated carbocycles. The van der Waals surface area contributed by atoms with Crippen molar-refractivity contribution in [1.29, 1.82) is 0 Å². The lowest BCUT2D eigenvalue weighted by Gasteiger charge is -2.56. The molecule has 0 spiro atoms. The zero-order chi connectivity index (χ0) is 28.6. The number of aryl methyl sites for hydroxylation is 1. The number of carbonyl (C=O) groups is 2. The maximum absolute atomic E-state index is 12.9. The lowest BCUT2D eigenvalue weighted by Crippen LogP contribution is -2.54. The number of esters is 2. The van der Waals surface area contributed by atoms with Gasteiger partial charge >= 0.3 is 11.9 Å². The molecule has 3 aliphatic rings. The van der Waals surface area contributed by atoms with Crippen LogP contribution in [0.5, 0.6) is 0 Å². The number of carbonyl (C=O) groups excluding carboxylic acids is 2. The summed E-state index contributed by atoms with van der Waals surface area (Å²) in [7, 11) is -3.89. The molecular weight excluding hydrogens is 516 g/mol. The first-order valence-electron chi connectivity index (χ1n) is 14.2. The van der Waals surface area contributed by atoms with Crippen molar-refractivity contribution in [3.8, 4) is 0 Å². The predicted octanol–water partition coefficient (Wildman–Crippen LogP) is 6.14. The Kier molecular flexibility index (Phi) is 8.67. The maximum Gasteiger partial charge on any atom is 0.302 e. The summed E-state index contributed by atoms with van der Waals surface area (Å²) in [5.74, 6) is -0.220. The molecule has 0 heterocycles. The van der Waals surface area contributed by atoms with Gasteiger partial charge in [-0.2, -0.15) is 8.42 Å². The lowest BCUT2D eigenvalue weighted by molar-refractivity contribution is -0.177. The summed E-state index contributed by atoms with van der Waals surface area (Å²) in [5.41, 5.74) is 1.94. The van der Waals surface area contributed by atoms with Gasteiger partial charge in [0.15, 0.2) is 0 Å². The van der Waals surface area contributed by atoms with Gasteiger partial charge in [-0.1, -0.05) is 43.7 Å². The van der Waals surface area contributed by atoms with Crippen molar-refractivity contribution < 1.29 is 31.7 Å². The Hall–Kier alpha value is -2.19. The van der Waals surface area contributed by atoms with Crippen molar-refractivity contribution in [2.24, 2.45) is 28.6 Å². The Labute approximate surface area is 233 Å². The third-order valence-electron chi connectivity index (χ3n) is 10.1. The summed E-state index contributed by atoms with van der Waals surface area (Å²) in [5, 5.41) is 0. The van der Waals surface area contributed by atoms with Crippen LogP contribution in [0.4, 0.5) is 0 Å². The van der Waals surface area contributed by atoms with Crippen LogP contribution in [-0.2, 0) is 33.4 Å². The average molecular weight is 561 g/mol. The molecule has 7 nitrogen and oxygen atoms in total. The van der Waals surface area contributed by atoms with E-state index in [1.54, 1.807) is 24.3 Å². The molecule has 1 aromatic rings. The summed E-state index contributed by atoms with van der Waals surface area (Å²) in [6, 6.07) is 6.62. The summed E-state index contributed by atoms with van der Waals surface area (Å²) in [4.78, 5) is 24.2. The van der Waals surface area contributed by atoms with Gasteiger partial charge in [-0.25, -0.2) is 0 Å². The third kappa shape index (κ3) is 6.12. The summed E-state index contributed by atoms with van der Waals surface area (Å²) in [6.07, 6.45) is 6.00. The largest absolute Gasteiger partial charge is 0.463 e. The van der Waals surface area contributed by atoms with Crippen molar-refractivity contribution in [3.63, 3.8) is 0 Å². The van der Waals surface area contributed by atoms with Crippen LogP contribution in [0.15, 0.2) is 41.3 Å². The summed E-state index contributed by atoms with van der Waals surface area (Å²) >= 11 is 0. The molecular formula is C31H44O7S. The van der Waals surface area contributed by atoms with E-state index in [-0.39, 0.29) is 64.2 Å². The number of allylic oxidation sites excluding steroid dienone is 1. The van der Waals surface area contributed by atoms with E-state index in [2.05, 4.69) is 20.4 Å². The van der Waals surface area contributed by atoms with E-state index in [0.29, 0.717) is 12.8 Å². The fourth-order valence-corrected chi connectivity index (χ4v) is 8.70. The molecule has 0 saturated heterocycles. The van der Waals surface area contributed by atoms with Gasteiger partial charge in [-0.15, -0.1) is 0 Å². The molecule has 3 fully saturated rings. The van der Waals surface area contributed by atoms with Crippen molar-refractivity contribution in [1.82, 2.24) is 0 Å². The first kappa shape index (κ1) is 29.8. The van der Waals surface area contributed by atoms with E-state index in [0.717, 1.165) is 44.1 Å². The third-order valence-corrected chi connectivity index (χ3v) is 11.5. The van der Waals surface area contributed by atoms with Gasteiger partial charge in [0.05, 0.1) is 11.5 Å². The van der Waals surface area contributed by atoms with Gasteiger partial charge in [0, 0.05) is 25.7 Å². The van der Waals surface area contributed by atoms with Gasteiger partial charge in [0.25, 0.3) is 10.1 Å². The van der Waals surface area contributed by atoms with Crippen LogP contribution in [0.2, 0.25) is 0 Å². The predicted molar refractivity (Wildman–Crippen MR) is 148 cm³/mol. The maximum atomic E-state index is 12.9. The van der Waals surface area contributed by atoms with Crippen LogP contribution in [0.1, 0.15) is 84.6 Å². The van der Waals surface area contributed by atoms with Crippen LogP contribution in [0.25, 0.3) is 0 Å². The van der Waals surface area contributed by atoms with E-state index in [9.17, 15) is 18.0 Å². The molecule has 0 amide bonds. The SMILES string of the molecule is C=C1CC[C@@H]2[C@H](OC(C)=O)[C@H]([C@@]3(C)CC[C@H](OC(C)=O)C[C@@H]3CCOS(=O)(=O)c3ccc(C)cc3)CC[C@]12C. The molecule has 3 aliphatic carbocycles. The van der Waals surface area contributed by atoms with Gasteiger partial charge in [0.1, 0.15) is 12.2 Å². The van der Waals surface area contributed by atoms with Gasteiger partial charge in [0.2, 0.25) is 0 Å². The van der Waals surface area contributed by atoms with E-state index in [1.807, 2.05) is 6.92 Å².